The summed E-state index contributed by atoms with van der Waals surface area (Å²) in [7, 11) is 0. The van der Waals surface area contributed by atoms with E-state index in [0.29, 0.717) is 18.4 Å². The number of nitrogens with two attached hydrogens (primary N) is 1. The number of nitrogens with zero attached hydrogens (tertiary/aromatic N) is 2. The standard InChI is InChI=1S/C18H24N4O/c1-12(2)13-6-5-7-14(10-13)21-18(19)20-11-16-15-8-3-4-9-17(15)23-22-16/h5-7,10,12H,3-4,8-9,11H2,1-2H3,(H3,19,20,21). The van der Waals surface area contributed by atoms with E-state index in [1.807, 2.05) is 12.1 Å². The Balaban J connectivity index is 1.66. The lowest BCUT2D eigenvalue weighted by molar-refractivity contribution is 0.368. The van der Waals surface area contributed by atoms with Gasteiger partial charge < -0.3 is 15.6 Å². The molecule has 0 unspecified atom stereocenters. The highest BCUT2D eigenvalue weighted by molar-refractivity contribution is 5.92. The van der Waals surface area contributed by atoms with E-state index in [2.05, 4.69) is 41.4 Å². The van der Waals surface area contributed by atoms with Crippen LogP contribution in [0.15, 0.2) is 33.8 Å². The molecule has 1 aliphatic rings. The maximum atomic E-state index is 6.01. The van der Waals surface area contributed by atoms with Crippen LogP contribution < -0.4 is 11.1 Å². The number of aliphatic imine (C=N–C) groups is 1. The molecule has 1 aromatic heterocycles. The van der Waals surface area contributed by atoms with Crippen LogP contribution >= 0.6 is 0 Å². The number of hydrogen-bond donors (Lipinski definition) is 2. The number of fused-ring (bicyclic) bond motifs is 1. The molecule has 0 radical (unpaired) electrons. The lowest BCUT2D eigenvalue weighted by Crippen LogP contribution is -2.22. The van der Waals surface area contributed by atoms with Crippen LogP contribution in [0.4, 0.5) is 5.69 Å². The highest BCUT2D eigenvalue weighted by Gasteiger charge is 2.18. The molecule has 122 valence electrons. The molecule has 0 saturated carbocycles. The fraction of sp³-hybridized carbons (Fsp3) is 0.444. The largest absolute Gasteiger partial charge is 0.370 e. The van der Waals surface area contributed by atoms with Gasteiger partial charge in [-0.25, -0.2) is 4.99 Å². The molecule has 3 N–H and O–H groups in total. The predicted molar refractivity (Wildman–Crippen MR) is 92.6 cm³/mol. The van der Waals surface area contributed by atoms with Crippen LogP contribution in [0.1, 0.15) is 55.2 Å². The van der Waals surface area contributed by atoms with Crippen molar-refractivity contribution in [1.82, 2.24) is 5.16 Å². The number of rotatable bonds is 4. The van der Waals surface area contributed by atoms with Crippen molar-refractivity contribution >= 4 is 11.6 Å². The highest BCUT2D eigenvalue weighted by atomic mass is 16.5. The minimum Gasteiger partial charge on any atom is -0.370 e. The normalized spacial score (nSPS) is 14.8. The minimum absolute atomic E-state index is 0.401. The third kappa shape index (κ3) is 3.73. The second-order valence-corrected chi connectivity index (χ2v) is 6.34. The fourth-order valence-corrected chi connectivity index (χ4v) is 2.90. The first-order chi connectivity index (χ1) is 11.1. The molecule has 2 aromatic rings. The van der Waals surface area contributed by atoms with E-state index in [1.165, 1.54) is 24.0 Å². The van der Waals surface area contributed by atoms with Gasteiger partial charge >= 0.3 is 0 Å². The first-order valence-corrected chi connectivity index (χ1v) is 8.26. The first kappa shape index (κ1) is 15.6. The van der Waals surface area contributed by atoms with Gasteiger partial charge in [0.1, 0.15) is 11.5 Å². The Morgan fingerprint density at radius 2 is 2.17 bits per heavy atom. The summed E-state index contributed by atoms with van der Waals surface area (Å²) in [5.74, 6) is 1.91. The summed E-state index contributed by atoms with van der Waals surface area (Å²) >= 11 is 0. The number of aromatic nitrogens is 1. The summed E-state index contributed by atoms with van der Waals surface area (Å²) in [5.41, 5.74) is 10.4. The minimum atomic E-state index is 0.401. The second kappa shape index (κ2) is 6.86. The number of nitrogens with one attached hydrogen (secondary N) is 1. The van der Waals surface area contributed by atoms with Crippen LogP contribution in [0, 0.1) is 0 Å². The molecule has 0 spiro atoms. The molecule has 0 atom stereocenters. The molecule has 0 saturated heterocycles. The maximum absolute atomic E-state index is 6.01. The van der Waals surface area contributed by atoms with Crippen molar-refractivity contribution in [2.75, 3.05) is 5.32 Å². The molecular formula is C18H24N4O. The summed E-state index contributed by atoms with van der Waals surface area (Å²) in [6, 6.07) is 8.24. The van der Waals surface area contributed by atoms with E-state index in [9.17, 15) is 0 Å². The van der Waals surface area contributed by atoms with E-state index in [0.717, 1.165) is 30.0 Å². The molecule has 0 aliphatic heterocycles. The Kier molecular flexibility index (Phi) is 4.65. The monoisotopic (exact) mass is 312 g/mol. The highest BCUT2D eigenvalue weighted by Crippen LogP contribution is 2.24. The molecular weight excluding hydrogens is 288 g/mol. The zero-order valence-corrected chi connectivity index (χ0v) is 13.8. The van der Waals surface area contributed by atoms with Crippen LogP contribution in [0.2, 0.25) is 0 Å². The molecule has 0 amide bonds. The summed E-state index contributed by atoms with van der Waals surface area (Å²) in [6.45, 7) is 4.80. The van der Waals surface area contributed by atoms with Crippen LogP contribution in [0.5, 0.6) is 0 Å². The van der Waals surface area contributed by atoms with Crippen LogP contribution in [-0.4, -0.2) is 11.1 Å². The van der Waals surface area contributed by atoms with Crippen LogP contribution in [0.25, 0.3) is 0 Å². The fourth-order valence-electron chi connectivity index (χ4n) is 2.90. The molecule has 1 aromatic carbocycles. The first-order valence-electron chi connectivity index (χ1n) is 8.26. The Morgan fingerprint density at radius 3 is 3.00 bits per heavy atom. The number of hydrogen-bond acceptors (Lipinski definition) is 3. The van der Waals surface area contributed by atoms with Gasteiger partial charge in [-0.3, -0.25) is 0 Å². The average Bonchev–Trinajstić information content (AvgIpc) is 2.96. The Labute approximate surface area is 137 Å². The summed E-state index contributed by atoms with van der Waals surface area (Å²) < 4.78 is 5.40. The molecule has 5 heteroatoms. The summed E-state index contributed by atoms with van der Waals surface area (Å²) in [5, 5.41) is 7.30. The molecule has 0 fully saturated rings. The number of benzene rings is 1. The van der Waals surface area contributed by atoms with Crippen molar-refractivity contribution in [3.8, 4) is 0 Å². The molecule has 23 heavy (non-hydrogen) atoms. The zero-order chi connectivity index (χ0) is 16.2. The van der Waals surface area contributed by atoms with Crippen molar-refractivity contribution in [1.29, 1.82) is 0 Å². The second-order valence-electron chi connectivity index (χ2n) is 6.34. The van der Waals surface area contributed by atoms with E-state index in [4.69, 9.17) is 10.3 Å². The third-order valence-electron chi connectivity index (χ3n) is 4.26. The van der Waals surface area contributed by atoms with Crippen molar-refractivity contribution < 1.29 is 4.52 Å². The Hall–Kier alpha value is -2.30. The van der Waals surface area contributed by atoms with E-state index in [1.54, 1.807) is 0 Å². The Bertz CT molecular complexity index is 703. The van der Waals surface area contributed by atoms with Gasteiger partial charge in [0, 0.05) is 17.7 Å². The topological polar surface area (TPSA) is 76.4 Å². The molecule has 1 aliphatic carbocycles. The van der Waals surface area contributed by atoms with Gasteiger partial charge in [0.25, 0.3) is 0 Å². The third-order valence-corrected chi connectivity index (χ3v) is 4.26. The van der Waals surface area contributed by atoms with Gasteiger partial charge in [-0.1, -0.05) is 31.1 Å². The number of anilines is 1. The quantitative estimate of drug-likeness (QED) is 0.668. The van der Waals surface area contributed by atoms with Crippen molar-refractivity contribution in [3.05, 3.63) is 46.8 Å². The number of guanidine groups is 1. The average molecular weight is 312 g/mol. The van der Waals surface area contributed by atoms with Crippen molar-refractivity contribution in [2.24, 2.45) is 10.7 Å². The zero-order valence-electron chi connectivity index (χ0n) is 13.8. The Morgan fingerprint density at radius 1 is 1.35 bits per heavy atom. The lowest BCUT2D eigenvalue weighted by Gasteiger charge is -2.10. The van der Waals surface area contributed by atoms with E-state index < -0.39 is 0 Å². The van der Waals surface area contributed by atoms with Gasteiger partial charge in [0.2, 0.25) is 0 Å². The van der Waals surface area contributed by atoms with Crippen LogP contribution in [-0.2, 0) is 19.4 Å². The molecule has 5 nitrogen and oxygen atoms in total. The lowest BCUT2D eigenvalue weighted by atomic mass is 9.96. The predicted octanol–water partition coefficient (Wildman–Crippen LogP) is 3.60. The van der Waals surface area contributed by atoms with Gasteiger partial charge in [0.05, 0.1) is 6.54 Å². The molecule has 0 bridgehead atoms. The van der Waals surface area contributed by atoms with Gasteiger partial charge in [-0.05, 0) is 42.9 Å². The van der Waals surface area contributed by atoms with E-state index in [-0.39, 0.29) is 0 Å². The van der Waals surface area contributed by atoms with Crippen LogP contribution in [0.3, 0.4) is 0 Å². The van der Waals surface area contributed by atoms with Gasteiger partial charge in [-0.2, -0.15) is 0 Å². The summed E-state index contributed by atoms with van der Waals surface area (Å²) in [4.78, 5) is 4.41. The van der Waals surface area contributed by atoms with Crippen molar-refractivity contribution in [3.63, 3.8) is 0 Å². The molecule has 3 rings (SSSR count). The maximum Gasteiger partial charge on any atom is 0.193 e. The van der Waals surface area contributed by atoms with Gasteiger partial charge in [0.15, 0.2) is 5.96 Å². The summed E-state index contributed by atoms with van der Waals surface area (Å²) in [6.07, 6.45) is 4.40. The van der Waals surface area contributed by atoms with E-state index >= 15 is 0 Å². The number of aryl methyl sites for hydroxylation is 1. The SMILES string of the molecule is CC(C)c1cccc(NC(N)=NCc2noc3c2CCCC3)c1. The van der Waals surface area contributed by atoms with Gasteiger partial charge in [-0.15, -0.1) is 0 Å². The molecule has 1 heterocycles. The smallest absolute Gasteiger partial charge is 0.193 e. The van der Waals surface area contributed by atoms with Crippen molar-refractivity contribution in [2.45, 2.75) is 52.0 Å².